The zero-order valence-electron chi connectivity index (χ0n) is 11.5. The van der Waals surface area contributed by atoms with Gasteiger partial charge < -0.3 is 9.63 Å². The number of aromatic nitrogens is 2. The maximum Gasteiger partial charge on any atom is 0.307 e. The largest absolute Gasteiger partial charge is 0.539 e. The highest BCUT2D eigenvalue weighted by molar-refractivity contribution is 8.00. The van der Waals surface area contributed by atoms with Crippen LogP contribution in [0.1, 0.15) is 10.5 Å². The third-order valence-electron chi connectivity index (χ3n) is 2.99. The second-order valence-corrected chi connectivity index (χ2v) is 5.53. The first kappa shape index (κ1) is 14.3. The Morgan fingerprint density at radius 2 is 1.73 bits per heavy atom. The summed E-state index contributed by atoms with van der Waals surface area (Å²) in [5.41, 5.74) is 0.552. The van der Waals surface area contributed by atoms with Crippen LogP contribution < -0.4 is 9.79 Å². The number of hydrogen-bond donors (Lipinski definition) is 0. The van der Waals surface area contributed by atoms with Crippen LogP contribution >= 0.6 is 11.8 Å². The van der Waals surface area contributed by atoms with E-state index >= 15 is 0 Å². The third-order valence-corrected chi connectivity index (χ3v) is 4.00. The van der Waals surface area contributed by atoms with E-state index in [1.807, 2.05) is 36.4 Å². The Morgan fingerprint density at radius 1 is 1.09 bits per heavy atom. The molecule has 0 unspecified atom stereocenters. The summed E-state index contributed by atoms with van der Waals surface area (Å²) in [5.74, 6) is -0.890. The average Bonchev–Trinajstić information content (AvgIpc) is 2.96. The molecule has 0 saturated heterocycles. The molecular formula is C16H12N2O3S. The van der Waals surface area contributed by atoms with Gasteiger partial charge in [-0.2, -0.15) is 0 Å². The smallest absolute Gasteiger partial charge is 0.307 e. The van der Waals surface area contributed by atoms with Gasteiger partial charge in [-0.3, -0.25) is 4.79 Å². The topological polar surface area (TPSA) is 70.0 Å². The van der Waals surface area contributed by atoms with Crippen molar-refractivity contribution >= 4 is 17.5 Å². The van der Waals surface area contributed by atoms with Crippen molar-refractivity contribution in [2.24, 2.45) is 0 Å². The van der Waals surface area contributed by atoms with Crippen LogP contribution in [0.15, 0.2) is 70.1 Å². The van der Waals surface area contributed by atoms with E-state index in [1.165, 1.54) is 16.4 Å². The molecule has 0 aliphatic carbocycles. The molecule has 2 aromatic carbocycles. The molecule has 22 heavy (non-hydrogen) atoms. The summed E-state index contributed by atoms with van der Waals surface area (Å²) in [5, 5.41) is 15.4. The van der Waals surface area contributed by atoms with E-state index in [-0.39, 0.29) is 17.2 Å². The zero-order chi connectivity index (χ0) is 15.4. The van der Waals surface area contributed by atoms with Gasteiger partial charge in [-0.25, -0.2) is 0 Å². The first-order chi connectivity index (χ1) is 10.8. The van der Waals surface area contributed by atoms with Crippen LogP contribution in [0, 0.1) is 0 Å². The van der Waals surface area contributed by atoms with Gasteiger partial charge in [0.05, 0.1) is 11.0 Å². The second-order valence-electron chi connectivity index (χ2n) is 4.48. The molecule has 0 aliphatic heterocycles. The molecule has 0 N–H and O–H groups in total. The lowest BCUT2D eigenvalue weighted by Gasteiger charge is -1.99. The van der Waals surface area contributed by atoms with Gasteiger partial charge in [0.25, 0.3) is 0 Å². The van der Waals surface area contributed by atoms with Gasteiger partial charge in [-0.05, 0) is 16.8 Å². The predicted molar refractivity (Wildman–Crippen MR) is 79.0 cm³/mol. The summed E-state index contributed by atoms with van der Waals surface area (Å²) in [4.78, 5) is 13.3. The first-order valence-electron chi connectivity index (χ1n) is 6.61. The van der Waals surface area contributed by atoms with E-state index in [2.05, 4.69) is 9.79 Å². The SMILES string of the molecule is O=C(CSc1ccccc1)c1c([O-])on[n+]1-c1ccccc1. The molecule has 110 valence electrons. The number of benzene rings is 2. The Morgan fingerprint density at radius 3 is 2.41 bits per heavy atom. The van der Waals surface area contributed by atoms with Crippen molar-refractivity contribution in [3.05, 3.63) is 66.4 Å². The summed E-state index contributed by atoms with van der Waals surface area (Å²) in [6.45, 7) is 0. The minimum atomic E-state index is -0.720. The van der Waals surface area contributed by atoms with Crippen LogP contribution in [0.25, 0.3) is 5.69 Å². The molecule has 5 nitrogen and oxygen atoms in total. The molecule has 0 fully saturated rings. The maximum absolute atomic E-state index is 12.4. The number of carbonyl (C=O) groups is 1. The van der Waals surface area contributed by atoms with Gasteiger partial charge in [0.1, 0.15) is 0 Å². The van der Waals surface area contributed by atoms with Gasteiger partial charge >= 0.3 is 5.69 Å². The second kappa shape index (κ2) is 6.44. The summed E-state index contributed by atoms with van der Waals surface area (Å²) < 4.78 is 5.90. The highest BCUT2D eigenvalue weighted by Crippen LogP contribution is 2.20. The fourth-order valence-electron chi connectivity index (χ4n) is 1.96. The van der Waals surface area contributed by atoms with Crippen molar-refractivity contribution in [2.75, 3.05) is 5.75 Å². The van der Waals surface area contributed by atoms with Gasteiger partial charge in [0.15, 0.2) is 5.95 Å². The van der Waals surface area contributed by atoms with Crippen LogP contribution in [0.5, 0.6) is 5.95 Å². The van der Waals surface area contributed by atoms with Crippen molar-refractivity contribution in [3.63, 3.8) is 0 Å². The standard InChI is InChI=1S/C16H12N2O3S/c19-14(11-22-13-9-5-2-6-10-13)15-16(20)21-17-18(15)12-7-3-1-4-8-12/h1-10H,11H2. The Labute approximate surface area is 131 Å². The zero-order valence-corrected chi connectivity index (χ0v) is 12.3. The molecule has 0 bridgehead atoms. The van der Waals surface area contributed by atoms with E-state index in [1.54, 1.807) is 24.3 Å². The van der Waals surface area contributed by atoms with Crippen LogP contribution in [-0.4, -0.2) is 16.8 Å². The summed E-state index contributed by atoms with van der Waals surface area (Å²) in [6.07, 6.45) is 0. The number of para-hydroxylation sites is 1. The van der Waals surface area contributed by atoms with Gasteiger partial charge in [0.2, 0.25) is 11.5 Å². The molecule has 1 heterocycles. The number of ketones is 1. The van der Waals surface area contributed by atoms with Crippen molar-refractivity contribution in [1.82, 2.24) is 5.27 Å². The minimum Gasteiger partial charge on any atom is -0.539 e. The van der Waals surface area contributed by atoms with Gasteiger partial charge in [-0.1, -0.05) is 36.4 Å². The van der Waals surface area contributed by atoms with Crippen molar-refractivity contribution < 1.29 is 19.1 Å². The van der Waals surface area contributed by atoms with Crippen LogP contribution in [0.2, 0.25) is 0 Å². The Balaban J connectivity index is 1.82. The van der Waals surface area contributed by atoms with Crippen LogP contribution in [0.3, 0.4) is 0 Å². The van der Waals surface area contributed by atoms with Gasteiger partial charge in [-0.15, -0.1) is 11.8 Å². The maximum atomic E-state index is 12.4. The number of rotatable bonds is 5. The quantitative estimate of drug-likeness (QED) is 0.409. The van der Waals surface area contributed by atoms with Gasteiger partial charge in [0, 0.05) is 17.0 Å². The third kappa shape index (κ3) is 3.01. The normalized spacial score (nSPS) is 10.5. The monoisotopic (exact) mass is 312 g/mol. The molecule has 1 aromatic heterocycles. The lowest BCUT2D eigenvalue weighted by molar-refractivity contribution is -0.672. The first-order valence-corrected chi connectivity index (χ1v) is 7.60. The van der Waals surface area contributed by atoms with E-state index < -0.39 is 5.95 Å². The van der Waals surface area contributed by atoms with Crippen LogP contribution in [-0.2, 0) is 0 Å². The summed E-state index contributed by atoms with van der Waals surface area (Å²) >= 11 is 1.37. The Hall–Kier alpha value is -2.60. The molecule has 3 aromatic rings. The fraction of sp³-hybridized carbons (Fsp3) is 0.0625. The van der Waals surface area contributed by atoms with Crippen molar-refractivity contribution in [2.45, 2.75) is 4.90 Å². The summed E-state index contributed by atoms with van der Waals surface area (Å²) in [7, 11) is 0. The predicted octanol–water partition coefficient (Wildman–Crippen LogP) is 2.00. The number of thioether (sulfide) groups is 1. The molecule has 3 rings (SSSR count). The lowest BCUT2D eigenvalue weighted by Crippen LogP contribution is -2.39. The Bertz CT molecular complexity index is 773. The van der Waals surface area contributed by atoms with E-state index in [4.69, 9.17) is 0 Å². The number of hydrogen-bond acceptors (Lipinski definition) is 5. The molecular weight excluding hydrogens is 300 g/mol. The van der Waals surface area contributed by atoms with Crippen molar-refractivity contribution in [1.29, 1.82) is 0 Å². The highest BCUT2D eigenvalue weighted by Gasteiger charge is 2.27. The number of nitrogens with zero attached hydrogens (tertiary/aromatic N) is 2. The highest BCUT2D eigenvalue weighted by atomic mass is 32.2. The molecule has 0 saturated carbocycles. The molecule has 0 amide bonds. The average molecular weight is 312 g/mol. The lowest BCUT2D eigenvalue weighted by atomic mass is 10.3. The fourth-order valence-corrected chi connectivity index (χ4v) is 2.74. The molecule has 6 heteroatoms. The van der Waals surface area contributed by atoms with Crippen LogP contribution in [0.4, 0.5) is 0 Å². The number of Topliss-reactive ketones (excluding diaryl/α,β-unsaturated/α-hetero) is 1. The summed E-state index contributed by atoms with van der Waals surface area (Å²) in [6, 6.07) is 18.5. The Kier molecular flexibility index (Phi) is 4.20. The number of carbonyl (C=O) groups excluding carboxylic acids is 1. The molecule has 0 spiro atoms. The van der Waals surface area contributed by atoms with Crippen molar-refractivity contribution in [3.8, 4) is 11.6 Å². The molecule has 0 aliphatic rings. The molecule has 0 atom stereocenters. The minimum absolute atomic E-state index is 0.0605. The van der Waals surface area contributed by atoms with E-state index in [0.29, 0.717) is 5.69 Å². The molecule has 0 radical (unpaired) electrons. The van der Waals surface area contributed by atoms with E-state index in [9.17, 15) is 9.90 Å². The van der Waals surface area contributed by atoms with E-state index in [0.717, 1.165) is 4.90 Å².